The molecule has 11 heteroatoms. The Morgan fingerprint density at radius 1 is 1.17 bits per heavy atom. The Balaban J connectivity index is 2.41. The summed E-state index contributed by atoms with van der Waals surface area (Å²) in [6, 6.07) is 6.47. The number of nitrogens with zero attached hydrogens (tertiary/aromatic N) is 5. The molecule has 0 spiro atoms. The van der Waals surface area contributed by atoms with E-state index in [1.165, 1.54) is 23.1 Å². The summed E-state index contributed by atoms with van der Waals surface area (Å²) in [6.45, 7) is 12.1. The van der Waals surface area contributed by atoms with Gasteiger partial charge in [-0.05, 0) is 62.1 Å². The van der Waals surface area contributed by atoms with Crippen LogP contribution in [-0.2, 0) is 9.59 Å². The minimum atomic E-state index is -0.834. The van der Waals surface area contributed by atoms with E-state index in [0.717, 1.165) is 11.6 Å². The van der Waals surface area contributed by atoms with Gasteiger partial charge in [-0.2, -0.15) is 0 Å². The molecule has 2 heterocycles. The average Bonchev–Trinajstić information content (AvgIpc) is 2.96. The fourth-order valence-corrected chi connectivity index (χ4v) is 4.75. The molecule has 0 aliphatic heterocycles. The zero-order chi connectivity index (χ0) is 31.0. The van der Waals surface area contributed by atoms with E-state index >= 15 is 4.39 Å². The first-order valence-corrected chi connectivity index (χ1v) is 13.6. The van der Waals surface area contributed by atoms with E-state index in [2.05, 4.69) is 26.9 Å². The van der Waals surface area contributed by atoms with Crippen LogP contribution < -0.4 is 16.0 Å². The number of aliphatic imine (C=N–C) groups is 1. The third kappa shape index (κ3) is 6.79. The van der Waals surface area contributed by atoms with Crippen molar-refractivity contribution >= 4 is 35.8 Å². The maximum atomic E-state index is 16.0. The van der Waals surface area contributed by atoms with E-state index in [0.29, 0.717) is 43.0 Å². The molecule has 0 saturated carbocycles. The van der Waals surface area contributed by atoms with Crippen LogP contribution in [0, 0.1) is 18.6 Å². The summed E-state index contributed by atoms with van der Waals surface area (Å²) in [5.74, 6) is -1.29. The smallest absolute Gasteiger partial charge is 0.219 e. The van der Waals surface area contributed by atoms with Gasteiger partial charge in [-0.15, -0.1) is 6.58 Å². The Kier molecular flexibility index (Phi) is 10.8. The molecule has 2 aromatic heterocycles. The second-order valence-corrected chi connectivity index (χ2v) is 10.1. The number of rotatable bonds is 13. The minimum Gasteiger partial charge on any atom is -0.399 e. The van der Waals surface area contributed by atoms with Crippen molar-refractivity contribution in [1.82, 2.24) is 20.2 Å². The van der Waals surface area contributed by atoms with E-state index in [1.54, 1.807) is 25.4 Å². The number of hydrogen-bond acceptors (Lipinski definition) is 6. The number of nitrogens with one attached hydrogen (secondary N) is 1. The van der Waals surface area contributed by atoms with E-state index < -0.39 is 11.6 Å². The highest BCUT2D eigenvalue weighted by Crippen LogP contribution is 2.37. The number of benzene rings is 1. The number of amides is 2. The van der Waals surface area contributed by atoms with Crippen molar-refractivity contribution in [1.29, 1.82) is 0 Å². The van der Waals surface area contributed by atoms with Gasteiger partial charge in [0, 0.05) is 43.6 Å². The fourth-order valence-electron chi connectivity index (χ4n) is 4.75. The van der Waals surface area contributed by atoms with Gasteiger partial charge in [0.1, 0.15) is 23.2 Å². The lowest BCUT2D eigenvalue weighted by molar-refractivity contribution is -0.109. The van der Waals surface area contributed by atoms with Gasteiger partial charge in [-0.1, -0.05) is 19.9 Å². The summed E-state index contributed by atoms with van der Waals surface area (Å²) < 4.78 is 31.0. The summed E-state index contributed by atoms with van der Waals surface area (Å²) >= 11 is 0. The Morgan fingerprint density at radius 3 is 2.52 bits per heavy atom. The van der Waals surface area contributed by atoms with Crippen LogP contribution in [0.15, 0.2) is 54.2 Å². The Morgan fingerprint density at radius 2 is 1.90 bits per heavy atom. The molecule has 3 N–H and O–H groups in total. The predicted octanol–water partition coefficient (Wildman–Crippen LogP) is 5.12. The van der Waals surface area contributed by atoms with Crippen LogP contribution in [0.1, 0.15) is 49.9 Å². The number of halogens is 2. The van der Waals surface area contributed by atoms with Crippen LogP contribution in [0.3, 0.4) is 0 Å². The number of carbonyl (C=O) groups is 2. The Hall–Kier alpha value is -4.67. The molecule has 0 bridgehead atoms. The van der Waals surface area contributed by atoms with Crippen molar-refractivity contribution in [3.05, 3.63) is 77.6 Å². The molecule has 0 radical (unpaired) electrons. The van der Waals surface area contributed by atoms with Crippen molar-refractivity contribution < 1.29 is 18.4 Å². The van der Waals surface area contributed by atoms with Gasteiger partial charge < -0.3 is 16.0 Å². The molecule has 1 unspecified atom stereocenters. The molecule has 3 rings (SSSR count). The van der Waals surface area contributed by atoms with Gasteiger partial charge >= 0.3 is 0 Å². The normalized spacial score (nSPS) is 12.1. The number of pyridine rings is 2. The second kappa shape index (κ2) is 14.3. The topological polar surface area (TPSA) is 117 Å². The first-order valence-electron chi connectivity index (χ1n) is 13.6. The van der Waals surface area contributed by atoms with E-state index in [4.69, 9.17) is 5.73 Å². The molecule has 3 aromatic rings. The standard InChI is InChI=1S/C31H37F2N7O2/c1-7-8-13-39(21(5)16-36-17-41)30(35-6)24-15-26(33)28(23-14-22(34)9-10-25(23)32)38-31(24)40(18-42)29-20(4)11-12-37-27(29)19(2)3/h7,9-12,14-15,17-19,21H,1,8,13,16,34H2,2-6H3,(H,36,41)/b35-30+. The van der Waals surface area contributed by atoms with Gasteiger partial charge in [-0.25, -0.2) is 13.8 Å². The molecule has 1 atom stereocenters. The van der Waals surface area contributed by atoms with Crippen LogP contribution in [-0.4, -0.2) is 59.7 Å². The number of carbonyl (C=O) groups excluding carboxylic acids is 2. The Labute approximate surface area is 245 Å². The molecular formula is C31H37F2N7O2. The lowest BCUT2D eigenvalue weighted by Gasteiger charge is -2.34. The Bertz CT molecular complexity index is 1480. The zero-order valence-corrected chi connectivity index (χ0v) is 24.6. The monoisotopic (exact) mass is 577 g/mol. The first-order chi connectivity index (χ1) is 20.1. The van der Waals surface area contributed by atoms with E-state index in [9.17, 15) is 14.0 Å². The SMILES string of the molecule is C=CCCN(/C(=N/C)c1cc(F)c(-c2cc(N)ccc2F)nc1N(C=O)c1c(C)ccnc1C(C)C)C(C)CNC=O. The molecule has 0 aliphatic carbocycles. The number of amidine groups is 1. The number of nitrogens with two attached hydrogens (primary N) is 1. The summed E-state index contributed by atoms with van der Waals surface area (Å²) in [4.78, 5) is 40.8. The van der Waals surface area contributed by atoms with E-state index in [1.807, 2.05) is 32.6 Å². The molecular weight excluding hydrogens is 540 g/mol. The number of anilines is 3. The third-order valence-corrected chi connectivity index (χ3v) is 6.80. The van der Waals surface area contributed by atoms with Gasteiger partial charge in [0.05, 0.1) is 16.9 Å². The maximum Gasteiger partial charge on any atom is 0.219 e. The van der Waals surface area contributed by atoms with Crippen molar-refractivity contribution in [2.45, 2.75) is 46.1 Å². The highest BCUT2D eigenvalue weighted by molar-refractivity contribution is 6.06. The molecule has 9 nitrogen and oxygen atoms in total. The molecule has 0 aliphatic rings. The van der Waals surface area contributed by atoms with Gasteiger partial charge in [-0.3, -0.25) is 24.5 Å². The van der Waals surface area contributed by atoms with Gasteiger partial charge in [0.15, 0.2) is 5.82 Å². The van der Waals surface area contributed by atoms with Crippen LogP contribution in [0.4, 0.5) is 26.0 Å². The van der Waals surface area contributed by atoms with Crippen molar-refractivity contribution in [3.8, 4) is 11.3 Å². The number of aromatic nitrogens is 2. The van der Waals surface area contributed by atoms with Crippen molar-refractivity contribution in [2.75, 3.05) is 30.8 Å². The molecule has 0 fully saturated rings. The number of nitrogen functional groups attached to an aromatic ring is 1. The summed E-state index contributed by atoms with van der Waals surface area (Å²) in [6.07, 6.45) is 5.12. The van der Waals surface area contributed by atoms with Crippen LogP contribution in [0.25, 0.3) is 11.3 Å². The third-order valence-electron chi connectivity index (χ3n) is 6.80. The lowest BCUT2D eigenvalue weighted by atomic mass is 10.0. The molecule has 2 amide bonds. The van der Waals surface area contributed by atoms with E-state index in [-0.39, 0.29) is 46.8 Å². The van der Waals surface area contributed by atoms with Crippen LogP contribution in [0.2, 0.25) is 0 Å². The lowest BCUT2D eigenvalue weighted by Crippen LogP contribution is -2.45. The average molecular weight is 578 g/mol. The van der Waals surface area contributed by atoms with Gasteiger partial charge in [0.2, 0.25) is 12.8 Å². The zero-order valence-electron chi connectivity index (χ0n) is 24.6. The molecule has 222 valence electrons. The summed E-state index contributed by atoms with van der Waals surface area (Å²) in [7, 11) is 1.55. The quantitative estimate of drug-likeness (QED) is 0.0958. The largest absolute Gasteiger partial charge is 0.399 e. The molecule has 42 heavy (non-hydrogen) atoms. The summed E-state index contributed by atoms with van der Waals surface area (Å²) in [5.41, 5.74) is 7.68. The number of hydrogen-bond donors (Lipinski definition) is 2. The predicted molar refractivity (Wildman–Crippen MR) is 163 cm³/mol. The van der Waals surface area contributed by atoms with Crippen LogP contribution in [0.5, 0.6) is 0 Å². The van der Waals surface area contributed by atoms with Crippen molar-refractivity contribution in [3.63, 3.8) is 0 Å². The van der Waals surface area contributed by atoms with Gasteiger partial charge in [0.25, 0.3) is 0 Å². The minimum absolute atomic E-state index is 0.0287. The second-order valence-electron chi connectivity index (χ2n) is 10.1. The molecule has 1 aromatic carbocycles. The maximum absolute atomic E-state index is 16.0. The highest BCUT2D eigenvalue weighted by atomic mass is 19.1. The summed E-state index contributed by atoms with van der Waals surface area (Å²) in [5, 5.41) is 2.67. The highest BCUT2D eigenvalue weighted by Gasteiger charge is 2.30. The number of aryl methyl sites for hydroxylation is 1. The molecule has 0 saturated heterocycles. The van der Waals surface area contributed by atoms with Crippen molar-refractivity contribution in [2.24, 2.45) is 4.99 Å². The fraction of sp³-hybridized carbons (Fsp3) is 0.323. The first kappa shape index (κ1) is 31.9. The van der Waals surface area contributed by atoms with Crippen LogP contribution >= 0.6 is 0 Å².